The van der Waals surface area contributed by atoms with E-state index in [0.29, 0.717) is 19.7 Å². The monoisotopic (exact) mass is 225 g/mol. The molecule has 6 heteroatoms. The van der Waals surface area contributed by atoms with Crippen LogP contribution in [0.25, 0.3) is 0 Å². The zero-order chi connectivity index (χ0) is 11.8. The second-order valence-corrected chi connectivity index (χ2v) is 3.32. The van der Waals surface area contributed by atoms with Gasteiger partial charge in [0.1, 0.15) is 17.5 Å². The summed E-state index contributed by atoms with van der Waals surface area (Å²) in [6.45, 7) is 4.51. The third kappa shape index (κ3) is 4.41. The Morgan fingerprint density at radius 2 is 1.88 bits per heavy atom. The lowest BCUT2D eigenvalue weighted by atomic mass is 10.4. The lowest BCUT2D eigenvalue weighted by molar-refractivity contribution is 0.210. The molecule has 1 aromatic heterocycles. The van der Waals surface area contributed by atoms with Gasteiger partial charge < -0.3 is 21.1 Å². The maximum absolute atomic E-state index is 5.41. The summed E-state index contributed by atoms with van der Waals surface area (Å²) in [5, 5.41) is 6.27. The average Bonchev–Trinajstić information content (AvgIpc) is 2.26. The van der Waals surface area contributed by atoms with Crippen LogP contribution in [-0.4, -0.2) is 43.3 Å². The average molecular weight is 225 g/mol. The summed E-state index contributed by atoms with van der Waals surface area (Å²) in [4.78, 5) is 8.52. The summed E-state index contributed by atoms with van der Waals surface area (Å²) in [5.74, 6) is 2.31. The summed E-state index contributed by atoms with van der Waals surface area (Å²) in [6, 6.07) is 1.86. The number of hydrogen-bond acceptors (Lipinski definition) is 6. The molecule has 0 spiro atoms. The van der Waals surface area contributed by atoms with Crippen molar-refractivity contribution in [2.75, 3.05) is 44.0 Å². The molecule has 0 saturated heterocycles. The van der Waals surface area contributed by atoms with Gasteiger partial charge in [0.15, 0.2) is 0 Å². The van der Waals surface area contributed by atoms with Gasteiger partial charge in [-0.05, 0) is 6.92 Å². The first-order chi connectivity index (χ1) is 7.76. The highest BCUT2D eigenvalue weighted by molar-refractivity contribution is 5.47. The molecule has 0 unspecified atom stereocenters. The molecule has 90 valence electrons. The van der Waals surface area contributed by atoms with Gasteiger partial charge in [0.2, 0.25) is 0 Å². The Balaban J connectivity index is 2.58. The predicted octanol–water partition coefficient (Wildman–Crippen LogP) is 0.214. The summed E-state index contributed by atoms with van der Waals surface area (Å²) < 4.78 is 4.95. The van der Waals surface area contributed by atoms with E-state index in [2.05, 4.69) is 20.6 Å². The molecule has 0 radical (unpaired) electrons. The van der Waals surface area contributed by atoms with Crippen LogP contribution in [0.15, 0.2) is 6.07 Å². The summed E-state index contributed by atoms with van der Waals surface area (Å²) >= 11 is 0. The van der Waals surface area contributed by atoms with Crippen molar-refractivity contribution >= 4 is 11.6 Å². The van der Waals surface area contributed by atoms with Gasteiger partial charge in [-0.3, -0.25) is 0 Å². The quantitative estimate of drug-likeness (QED) is 0.575. The van der Waals surface area contributed by atoms with E-state index in [9.17, 15) is 0 Å². The van der Waals surface area contributed by atoms with Gasteiger partial charge in [0.25, 0.3) is 0 Å². The highest BCUT2D eigenvalue weighted by atomic mass is 16.5. The summed E-state index contributed by atoms with van der Waals surface area (Å²) in [6.07, 6.45) is 0. The van der Waals surface area contributed by atoms with E-state index < -0.39 is 0 Å². The van der Waals surface area contributed by atoms with Crippen molar-refractivity contribution in [2.45, 2.75) is 6.92 Å². The fourth-order valence-electron chi connectivity index (χ4n) is 1.23. The highest BCUT2D eigenvalue weighted by Gasteiger charge is 2.00. The zero-order valence-corrected chi connectivity index (χ0v) is 9.79. The number of rotatable bonds is 7. The molecule has 1 heterocycles. The van der Waals surface area contributed by atoms with Crippen LogP contribution in [0.2, 0.25) is 0 Å². The van der Waals surface area contributed by atoms with Crippen LogP contribution in [0, 0.1) is 6.92 Å². The van der Waals surface area contributed by atoms with E-state index in [4.69, 9.17) is 10.5 Å². The van der Waals surface area contributed by atoms with E-state index in [1.54, 1.807) is 7.11 Å². The van der Waals surface area contributed by atoms with E-state index in [0.717, 1.165) is 24.0 Å². The number of nitrogens with zero attached hydrogens (tertiary/aromatic N) is 2. The minimum absolute atomic E-state index is 0.579. The molecule has 1 rings (SSSR count). The molecular weight excluding hydrogens is 206 g/mol. The molecule has 0 aliphatic rings. The lowest BCUT2D eigenvalue weighted by Gasteiger charge is -2.09. The third-order valence-electron chi connectivity index (χ3n) is 1.90. The van der Waals surface area contributed by atoms with Gasteiger partial charge in [-0.2, -0.15) is 0 Å². The van der Waals surface area contributed by atoms with Crippen molar-refractivity contribution in [3.05, 3.63) is 11.9 Å². The molecule has 0 aromatic carbocycles. The van der Waals surface area contributed by atoms with Gasteiger partial charge >= 0.3 is 0 Å². The van der Waals surface area contributed by atoms with Crippen molar-refractivity contribution in [3.8, 4) is 0 Å². The molecule has 0 bridgehead atoms. The van der Waals surface area contributed by atoms with Crippen LogP contribution in [0.1, 0.15) is 5.82 Å². The van der Waals surface area contributed by atoms with E-state index in [1.165, 1.54) is 0 Å². The Labute approximate surface area is 95.6 Å². The second kappa shape index (κ2) is 6.97. The first-order valence-corrected chi connectivity index (χ1v) is 5.28. The van der Waals surface area contributed by atoms with E-state index in [1.807, 2.05) is 13.0 Å². The Morgan fingerprint density at radius 1 is 1.25 bits per heavy atom. The van der Waals surface area contributed by atoms with Gasteiger partial charge in [0.05, 0.1) is 6.61 Å². The highest BCUT2D eigenvalue weighted by Crippen LogP contribution is 2.10. The maximum atomic E-state index is 5.41. The third-order valence-corrected chi connectivity index (χ3v) is 1.90. The fraction of sp³-hybridized carbons (Fsp3) is 0.600. The van der Waals surface area contributed by atoms with Crippen LogP contribution >= 0.6 is 0 Å². The fourth-order valence-corrected chi connectivity index (χ4v) is 1.23. The molecule has 0 aliphatic heterocycles. The number of aromatic nitrogens is 2. The van der Waals surface area contributed by atoms with Crippen molar-refractivity contribution in [2.24, 2.45) is 5.73 Å². The Kier molecular flexibility index (Phi) is 5.52. The number of methoxy groups -OCH3 is 1. The lowest BCUT2D eigenvalue weighted by Crippen LogP contribution is -2.15. The molecule has 0 saturated carbocycles. The smallest absolute Gasteiger partial charge is 0.131 e. The second-order valence-electron chi connectivity index (χ2n) is 3.32. The van der Waals surface area contributed by atoms with Crippen LogP contribution < -0.4 is 16.4 Å². The number of nitrogens with one attached hydrogen (secondary N) is 2. The van der Waals surface area contributed by atoms with Gasteiger partial charge in [-0.15, -0.1) is 0 Å². The minimum Gasteiger partial charge on any atom is -0.383 e. The number of aryl methyl sites for hydroxylation is 1. The maximum Gasteiger partial charge on any atom is 0.131 e. The molecule has 4 N–H and O–H groups in total. The normalized spacial score (nSPS) is 10.2. The Morgan fingerprint density at radius 3 is 2.44 bits per heavy atom. The molecular formula is C10H19N5O. The van der Waals surface area contributed by atoms with E-state index in [-0.39, 0.29) is 0 Å². The van der Waals surface area contributed by atoms with Gasteiger partial charge in [0, 0.05) is 32.8 Å². The van der Waals surface area contributed by atoms with Gasteiger partial charge in [-0.1, -0.05) is 0 Å². The number of nitrogens with two attached hydrogens (primary N) is 1. The predicted molar refractivity (Wildman–Crippen MR) is 64.7 cm³/mol. The molecule has 1 aromatic rings. The van der Waals surface area contributed by atoms with Crippen molar-refractivity contribution in [1.82, 2.24) is 9.97 Å². The first kappa shape index (κ1) is 12.7. The summed E-state index contributed by atoms with van der Waals surface area (Å²) in [5.41, 5.74) is 5.41. The SMILES string of the molecule is COCCNc1cc(NCCN)nc(C)n1. The topological polar surface area (TPSA) is 85.1 Å². The van der Waals surface area contributed by atoms with Crippen molar-refractivity contribution < 1.29 is 4.74 Å². The molecule has 16 heavy (non-hydrogen) atoms. The largest absolute Gasteiger partial charge is 0.383 e. The molecule has 0 fully saturated rings. The molecule has 0 atom stereocenters. The van der Waals surface area contributed by atoms with Crippen LogP contribution in [0.3, 0.4) is 0 Å². The standard InChI is InChI=1S/C10H19N5O/c1-8-14-9(12-4-3-11)7-10(15-8)13-5-6-16-2/h7H,3-6,11H2,1-2H3,(H2,12,13,14,15). The summed E-state index contributed by atoms with van der Waals surface area (Å²) in [7, 11) is 1.67. The van der Waals surface area contributed by atoms with Crippen LogP contribution in [-0.2, 0) is 4.74 Å². The molecule has 6 nitrogen and oxygen atoms in total. The molecule has 0 aliphatic carbocycles. The Bertz CT molecular complexity index is 318. The van der Waals surface area contributed by atoms with Crippen LogP contribution in [0.4, 0.5) is 11.6 Å². The van der Waals surface area contributed by atoms with Crippen LogP contribution in [0.5, 0.6) is 0 Å². The van der Waals surface area contributed by atoms with E-state index >= 15 is 0 Å². The minimum atomic E-state index is 0.579. The number of ether oxygens (including phenoxy) is 1. The van der Waals surface area contributed by atoms with Gasteiger partial charge in [-0.25, -0.2) is 9.97 Å². The Hall–Kier alpha value is -1.40. The van der Waals surface area contributed by atoms with Crippen molar-refractivity contribution in [1.29, 1.82) is 0 Å². The van der Waals surface area contributed by atoms with Crippen molar-refractivity contribution in [3.63, 3.8) is 0 Å². The zero-order valence-electron chi connectivity index (χ0n) is 9.79. The number of anilines is 2. The number of hydrogen-bond donors (Lipinski definition) is 3. The molecule has 0 amide bonds. The first-order valence-electron chi connectivity index (χ1n) is 5.28.